The van der Waals surface area contributed by atoms with Crippen molar-refractivity contribution in [2.24, 2.45) is 0 Å². The Balaban J connectivity index is 1.40. The fourth-order valence-electron chi connectivity index (χ4n) is 4.76. The molecule has 1 aliphatic heterocycles. The number of hydrogen-bond acceptors (Lipinski definition) is 3. The van der Waals surface area contributed by atoms with Crippen LogP contribution in [0.25, 0.3) is 0 Å². The van der Waals surface area contributed by atoms with E-state index in [1.807, 2.05) is 0 Å². The van der Waals surface area contributed by atoms with Gasteiger partial charge in [0.2, 0.25) is 0 Å². The average molecular weight is 377 g/mol. The second-order valence-electron chi connectivity index (χ2n) is 8.19. The van der Waals surface area contributed by atoms with E-state index < -0.39 is 0 Å². The van der Waals surface area contributed by atoms with Crippen LogP contribution in [0, 0.1) is 0 Å². The fourth-order valence-corrected chi connectivity index (χ4v) is 4.76. The molecule has 148 valence electrons. The van der Waals surface area contributed by atoms with E-state index in [-0.39, 0.29) is 6.10 Å². The minimum Gasteiger partial charge on any atom is -0.475 e. The summed E-state index contributed by atoms with van der Waals surface area (Å²) < 4.78 is 6.20. The van der Waals surface area contributed by atoms with Crippen LogP contribution in [0.4, 0.5) is 0 Å². The molecule has 0 amide bonds. The number of benzene rings is 2. The van der Waals surface area contributed by atoms with Crippen LogP contribution in [0.2, 0.25) is 0 Å². The zero-order chi connectivity index (χ0) is 19.2. The van der Waals surface area contributed by atoms with E-state index in [4.69, 9.17) is 4.74 Å². The lowest BCUT2D eigenvalue weighted by molar-refractivity contribution is 0.108. The number of ether oxygens (including phenoxy) is 1. The summed E-state index contributed by atoms with van der Waals surface area (Å²) in [5.41, 5.74) is 2.71. The Morgan fingerprint density at radius 1 is 0.929 bits per heavy atom. The van der Waals surface area contributed by atoms with Gasteiger partial charge in [0.1, 0.15) is 6.10 Å². The van der Waals surface area contributed by atoms with Gasteiger partial charge in [0.25, 0.3) is 0 Å². The zero-order valence-corrected chi connectivity index (χ0v) is 16.6. The molecular formula is C25H32N2O. The van der Waals surface area contributed by atoms with Crippen LogP contribution in [0.5, 0.6) is 0 Å². The van der Waals surface area contributed by atoms with Crippen molar-refractivity contribution in [3.05, 3.63) is 84.3 Å². The van der Waals surface area contributed by atoms with Crippen molar-refractivity contribution in [2.75, 3.05) is 6.54 Å². The predicted octanol–water partition coefficient (Wildman–Crippen LogP) is 4.96. The highest BCUT2D eigenvalue weighted by Gasteiger charge is 2.33. The molecule has 1 heterocycles. The molecule has 2 fully saturated rings. The lowest BCUT2D eigenvalue weighted by Gasteiger charge is -2.27. The van der Waals surface area contributed by atoms with E-state index >= 15 is 0 Å². The quantitative estimate of drug-likeness (QED) is 0.670. The summed E-state index contributed by atoms with van der Waals surface area (Å²) in [6.45, 7) is 5.00. The number of rotatable bonds is 7. The van der Waals surface area contributed by atoms with E-state index in [9.17, 15) is 0 Å². The largest absolute Gasteiger partial charge is 0.475 e. The molecule has 0 radical (unpaired) electrons. The lowest BCUT2D eigenvalue weighted by atomic mass is 9.84. The second-order valence-corrected chi connectivity index (χ2v) is 8.19. The maximum atomic E-state index is 6.20. The third kappa shape index (κ3) is 4.77. The monoisotopic (exact) mass is 376 g/mol. The number of nitrogens with one attached hydrogen (secondary N) is 2. The van der Waals surface area contributed by atoms with Crippen LogP contribution < -0.4 is 10.6 Å². The Kier molecular flexibility index (Phi) is 6.33. The van der Waals surface area contributed by atoms with E-state index in [1.165, 1.54) is 43.2 Å². The maximum absolute atomic E-state index is 6.20. The molecular weight excluding hydrogens is 344 g/mol. The lowest BCUT2D eigenvalue weighted by Crippen LogP contribution is -2.32. The first-order chi connectivity index (χ1) is 13.8. The van der Waals surface area contributed by atoms with Gasteiger partial charge in [-0.05, 0) is 30.5 Å². The highest BCUT2D eigenvalue weighted by atomic mass is 16.5. The Hall–Kier alpha value is -2.26. The second kappa shape index (κ2) is 9.29. The summed E-state index contributed by atoms with van der Waals surface area (Å²) in [4.78, 5) is 0. The third-order valence-electron chi connectivity index (χ3n) is 6.12. The van der Waals surface area contributed by atoms with Crippen molar-refractivity contribution in [1.29, 1.82) is 0 Å². The summed E-state index contributed by atoms with van der Waals surface area (Å²) in [6, 6.07) is 22.5. The van der Waals surface area contributed by atoms with Gasteiger partial charge in [-0.15, -0.1) is 0 Å². The minimum atomic E-state index is 0.170. The summed E-state index contributed by atoms with van der Waals surface area (Å²) in [5, 5.41) is 7.23. The molecule has 2 aromatic carbocycles. The first-order valence-corrected chi connectivity index (χ1v) is 10.7. The van der Waals surface area contributed by atoms with E-state index in [0.717, 1.165) is 18.8 Å². The van der Waals surface area contributed by atoms with E-state index in [1.54, 1.807) is 0 Å². The first-order valence-electron chi connectivity index (χ1n) is 10.7. The van der Waals surface area contributed by atoms with Crippen molar-refractivity contribution in [2.45, 2.75) is 62.6 Å². The molecule has 1 saturated heterocycles. The number of hydrogen-bond donors (Lipinski definition) is 2. The molecule has 1 aliphatic carbocycles. The van der Waals surface area contributed by atoms with Crippen LogP contribution in [0.15, 0.2) is 73.1 Å². The molecule has 2 aromatic rings. The summed E-state index contributed by atoms with van der Waals surface area (Å²) in [7, 11) is 0. The van der Waals surface area contributed by atoms with Gasteiger partial charge in [-0.3, -0.25) is 0 Å². The smallest absolute Gasteiger partial charge is 0.179 e. The Bertz CT molecular complexity index is 700. The highest BCUT2D eigenvalue weighted by Crippen LogP contribution is 2.33. The molecule has 4 rings (SSSR count). The van der Waals surface area contributed by atoms with Gasteiger partial charge in [0.15, 0.2) is 5.88 Å². The molecule has 28 heavy (non-hydrogen) atoms. The standard InChI is InChI=1S/C25H32N2O/c1-19(27-22-15-9-4-10-16-22)28-23-17-24(26-18-23)25(20-11-5-2-6-12-20)21-13-7-3-8-14-21/h2-3,5-8,11-14,22-27H,1,4,9-10,15-18H2/t23-,24-/m1/s1. The SMILES string of the molecule is C=C(NC1CCCCC1)O[C@H]1CN[C@@H](C(c2ccccc2)c2ccccc2)C1. The molecule has 0 bridgehead atoms. The highest BCUT2D eigenvalue weighted by molar-refractivity contribution is 5.34. The Morgan fingerprint density at radius 3 is 2.14 bits per heavy atom. The van der Waals surface area contributed by atoms with E-state index in [2.05, 4.69) is 77.9 Å². The normalized spacial score (nSPS) is 22.9. The molecule has 2 atom stereocenters. The van der Waals surface area contributed by atoms with Gasteiger partial charge in [-0.1, -0.05) is 79.9 Å². The topological polar surface area (TPSA) is 33.3 Å². The van der Waals surface area contributed by atoms with Gasteiger partial charge in [-0.2, -0.15) is 0 Å². The van der Waals surface area contributed by atoms with Crippen molar-refractivity contribution < 1.29 is 4.74 Å². The Labute approximate surface area is 169 Å². The fraction of sp³-hybridized carbons (Fsp3) is 0.440. The van der Waals surface area contributed by atoms with E-state index in [0.29, 0.717) is 18.0 Å². The third-order valence-corrected chi connectivity index (χ3v) is 6.12. The zero-order valence-electron chi connectivity index (χ0n) is 16.6. The van der Waals surface area contributed by atoms with Gasteiger partial charge in [-0.25, -0.2) is 0 Å². The molecule has 3 nitrogen and oxygen atoms in total. The maximum Gasteiger partial charge on any atom is 0.179 e. The first kappa shape index (κ1) is 19.1. The molecule has 0 aromatic heterocycles. The van der Waals surface area contributed by atoms with Crippen LogP contribution in [0.3, 0.4) is 0 Å². The molecule has 0 unspecified atom stereocenters. The molecule has 2 N–H and O–H groups in total. The van der Waals surface area contributed by atoms with Crippen molar-refractivity contribution >= 4 is 0 Å². The molecule has 1 saturated carbocycles. The summed E-state index contributed by atoms with van der Waals surface area (Å²) in [6.07, 6.45) is 7.61. The van der Waals surface area contributed by atoms with Crippen molar-refractivity contribution in [3.63, 3.8) is 0 Å². The minimum absolute atomic E-state index is 0.170. The van der Waals surface area contributed by atoms with Crippen molar-refractivity contribution in [1.82, 2.24) is 10.6 Å². The van der Waals surface area contributed by atoms with Gasteiger partial charge in [0.05, 0.1) is 0 Å². The predicted molar refractivity (Wildman–Crippen MR) is 115 cm³/mol. The van der Waals surface area contributed by atoms with Crippen LogP contribution in [-0.2, 0) is 4.74 Å². The summed E-state index contributed by atoms with van der Waals surface area (Å²) >= 11 is 0. The van der Waals surface area contributed by atoms with Crippen LogP contribution >= 0.6 is 0 Å². The molecule has 3 heteroatoms. The van der Waals surface area contributed by atoms with Gasteiger partial charge in [0, 0.05) is 31.0 Å². The molecule has 2 aliphatic rings. The van der Waals surface area contributed by atoms with Crippen LogP contribution in [0.1, 0.15) is 55.6 Å². The Morgan fingerprint density at radius 2 is 1.54 bits per heavy atom. The van der Waals surface area contributed by atoms with Crippen LogP contribution in [-0.4, -0.2) is 24.7 Å². The van der Waals surface area contributed by atoms with Gasteiger partial charge < -0.3 is 15.4 Å². The van der Waals surface area contributed by atoms with Crippen molar-refractivity contribution in [3.8, 4) is 0 Å². The van der Waals surface area contributed by atoms with Gasteiger partial charge >= 0.3 is 0 Å². The molecule has 0 spiro atoms. The average Bonchev–Trinajstić information content (AvgIpc) is 3.18. The summed E-state index contributed by atoms with van der Waals surface area (Å²) in [5.74, 6) is 1.07.